The number of aliphatic hydroxyl groups is 1. The monoisotopic (exact) mass is 329 g/mol. The lowest BCUT2D eigenvalue weighted by molar-refractivity contribution is -0.130. The Bertz CT molecular complexity index is 410. The van der Waals surface area contributed by atoms with Gasteiger partial charge in [0.2, 0.25) is 5.91 Å². The lowest BCUT2D eigenvalue weighted by Crippen LogP contribution is -2.29. The Morgan fingerprint density at radius 2 is 2.17 bits per heavy atom. The van der Waals surface area contributed by atoms with Crippen LogP contribution in [0.4, 0.5) is 0 Å². The molecule has 5 heteroatoms. The Morgan fingerprint density at radius 1 is 1.44 bits per heavy atom. The van der Waals surface area contributed by atoms with Crippen LogP contribution in [0, 0.1) is 0 Å². The molecule has 1 N–H and O–H groups in total. The van der Waals surface area contributed by atoms with Crippen molar-refractivity contribution in [2.45, 2.75) is 23.8 Å². The zero-order chi connectivity index (χ0) is 13.0. The van der Waals surface area contributed by atoms with Crippen molar-refractivity contribution in [1.82, 2.24) is 4.90 Å². The van der Waals surface area contributed by atoms with Crippen molar-refractivity contribution >= 4 is 33.6 Å². The highest BCUT2D eigenvalue weighted by molar-refractivity contribution is 9.10. The number of nitrogens with zero attached hydrogens (tertiary/aromatic N) is 1. The van der Waals surface area contributed by atoms with Crippen LogP contribution in [0.15, 0.2) is 33.6 Å². The van der Waals surface area contributed by atoms with Crippen LogP contribution in [-0.4, -0.2) is 40.9 Å². The summed E-state index contributed by atoms with van der Waals surface area (Å²) in [5.41, 5.74) is 0. The maximum atomic E-state index is 11.8. The molecule has 1 atom stereocenters. The predicted molar refractivity (Wildman–Crippen MR) is 76.7 cm³/mol. The molecule has 0 bridgehead atoms. The molecule has 0 saturated carbocycles. The summed E-state index contributed by atoms with van der Waals surface area (Å²) >= 11 is 5.08. The lowest BCUT2D eigenvalue weighted by Gasteiger charge is -2.15. The molecule has 1 heterocycles. The number of carbonyl (C=O) groups is 1. The summed E-state index contributed by atoms with van der Waals surface area (Å²) in [6.45, 7) is 1.20. The third kappa shape index (κ3) is 4.00. The average Bonchev–Trinajstić information content (AvgIpc) is 2.78. The van der Waals surface area contributed by atoms with Gasteiger partial charge in [-0.3, -0.25) is 4.79 Å². The number of rotatable bonds is 4. The van der Waals surface area contributed by atoms with E-state index in [0.29, 0.717) is 25.9 Å². The van der Waals surface area contributed by atoms with E-state index in [-0.39, 0.29) is 12.0 Å². The smallest absolute Gasteiger partial charge is 0.223 e. The van der Waals surface area contributed by atoms with Crippen LogP contribution in [0.5, 0.6) is 0 Å². The maximum Gasteiger partial charge on any atom is 0.223 e. The van der Waals surface area contributed by atoms with Crippen molar-refractivity contribution in [2.75, 3.05) is 18.8 Å². The van der Waals surface area contributed by atoms with Gasteiger partial charge in [-0.2, -0.15) is 0 Å². The van der Waals surface area contributed by atoms with E-state index in [1.165, 1.54) is 4.90 Å². The minimum absolute atomic E-state index is 0.149. The van der Waals surface area contributed by atoms with Gasteiger partial charge in [0.1, 0.15) is 0 Å². The number of aliphatic hydroxyl groups excluding tert-OH is 1. The molecule has 1 aromatic carbocycles. The fourth-order valence-electron chi connectivity index (χ4n) is 1.91. The van der Waals surface area contributed by atoms with Gasteiger partial charge in [-0.05, 0) is 30.7 Å². The molecular formula is C13H16BrNO2S. The molecule has 0 unspecified atom stereocenters. The molecule has 0 aliphatic carbocycles. The van der Waals surface area contributed by atoms with E-state index in [0.717, 1.165) is 10.2 Å². The first-order valence-electron chi connectivity index (χ1n) is 5.99. The van der Waals surface area contributed by atoms with Gasteiger partial charge in [-0.25, -0.2) is 0 Å². The second-order valence-electron chi connectivity index (χ2n) is 4.33. The molecule has 98 valence electrons. The fourth-order valence-corrected chi connectivity index (χ4v) is 3.02. The molecule has 1 aliphatic rings. The number of hydrogen-bond donors (Lipinski definition) is 1. The van der Waals surface area contributed by atoms with Gasteiger partial charge in [-0.1, -0.05) is 15.9 Å². The van der Waals surface area contributed by atoms with Crippen LogP contribution in [0.3, 0.4) is 0 Å². The number of carbonyl (C=O) groups excluding carboxylic acids is 1. The molecule has 3 nitrogen and oxygen atoms in total. The molecule has 1 fully saturated rings. The highest BCUT2D eigenvalue weighted by atomic mass is 79.9. The van der Waals surface area contributed by atoms with E-state index in [1.54, 1.807) is 16.7 Å². The third-order valence-corrected chi connectivity index (χ3v) is 4.46. The summed E-state index contributed by atoms with van der Waals surface area (Å²) in [7, 11) is 0. The number of amides is 1. The SMILES string of the molecule is O=C(CCSc1ccc(Br)cc1)N1CC[C@@H](O)C1. The Hall–Kier alpha value is -0.520. The molecule has 1 aliphatic heterocycles. The number of β-amino-alcohol motifs (C(OH)–C–C–N with tert-alkyl or cyclic N) is 1. The van der Waals surface area contributed by atoms with Crippen LogP contribution < -0.4 is 0 Å². The van der Waals surface area contributed by atoms with E-state index in [4.69, 9.17) is 0 Å². The quantitative estimate of drug-likeness (QED) is 0.863. The number of benzene rings is 1. The van der Waals surface area contributed by atoms with Crippen molar-refractivity contribution in [3.8, 4) is 0 Å². The summed E-state index contributed by atoms with van der Waals surface area (Å²) in [4.78, 5) is 14.8. The van der Waals surface area contributed by atoms with Gasteiger partial charge in [0.05, 0.1) is 6.10 Å². The molecule has 0 radical (unpaired) electrons. The van der Waals surface area contributed by atoms with Gasteiger partial charge < -0.3 is 10.0 Å². The Kier molecular flexibility index (Phi) is 5.09. The van der Waals surface area contributed by atoms with E-state index >= 15 is 0 Å². The van der Waals surface area contributed by atoms with E-state index in [9.17, 15) is 9.90 Å². The fraction of sp³-hybridized carbons (Fsp3) is 0.462. The van der Waals surface area contributed by atoms with Crippen molar-refractivity contribution < 1.29 is 9.90 Å². The zero-order valence-electron chi connectivity index (χ0n) is 10.0. The Labute approximate surface area is 120 Å². The van der Waals surface area contributed by atoms with Crippen LogP contribution >= 0.6 is 27.7 Å². The van der Waals surface area contributed by atoms with E-state index in [2.05, 4.69) is 15.9 Å². The van der Waals surface area contributed by atoms with E-state index < -0.39 is 0 Å². The molecule has 1 aromatic rings. The summed E-state index contributed by atoms with van der Waals surface area (Å²) in [6.07, 6.45) is 0.923. The van der Waals surface area contributed by atoms with E-state index in [1.807, 2.05) is 24.3 Å². The summed E-state index contributed by atoms with van der Waals surface area (Å²) in [5, 5.41) is 9.37. The third-order valence-electron chi connectivity index (χ3n) is 2.91. The molecular weight excluding hydrogens is 314 g/mol. The topological polar surface area (TPSA) is 40.5 Å². The highest BCUT2D eigenvalue weighted by Crippen LogP contribution is 2.21. The van der Waals surface area contributed by atoms with Crippen LogP contribution in [0.1, 0.15) is 12.8 Å². The lowest BCUT2D eigenvalue weighted by atomic mass is 10.3. The Morgan fingerprint density at radius 3 is 2.78 bits per heavy atom. The molecule has 2 rings (SSSR count). The van der Waals surface area contributed by atoms with Crippen molar-refractivity contribution in [2.24, 2.45) is 0 Å². The van der Waals surface area contributed by atoms with Crippen molar-refractivity contribution in [3.05, 3.63) is 28.7 Å². The standard InChI is InChI=1S/C13H16BrNO2S/c14-10-1-3-12(4-2-10)18-8-6-13(17)15-7-5-11(16)9-15/h1-4,11,16H,5-9H2/t11-/m1/s1. The van der Waals surface area contributed by atoms with Crippen molar-refractivity contribution in [3.63, 3.8) is 0 Å². The van der Waals surface area contributed by atoms with Gasteiger partial charge in [0, 0.05) is 34.6 Å². The highest BCUT2D eigenvalue weighted by Gasteiger charge is 2.23. The number of hydrogen-bond acceptors (Lipinski definition) is 3. The molecule has 0 spiro atoms. The van der Waals surface area contributed by atoms with Crippen LogP contribution in [-0.2, 0) is 4.79 Å². The van der Waals surface area contributed by atoms with Gasteiger partial charge in [-0.15, -0.1) is 11.8 Å². The average molecular weight is 330 g/mol. The van der Waals surface area contributed by atoms with Gasteiger partial charge in [0.25, 0.3) is 0 Å². The maximum absolute atomic E-state index is 11.8. The summed E-state index contributed by atoms with van der Waals surface area (Å²) in [6, 6.07) is 8.08. The largest absolute Gasteiger partial charge is 0.391 e. The number of halogens is 1. The summed E-state index contributed by atoms with van der Waals surface area (Å²) < 4.78 is 1.06. The first kappa shape index (κ1) is 13.9. The van der Waals surface area contributed by atoms with Crippen LogP contribution in [0.25, 0.3) is 0 Å². The minimum Gasteiger partial charge on any atom is -0.391 e. The molecule has 18 heavy (non-hydrogen) atoms. The van der Waals surface area contributed by atoms with Gasteiger partial charge >= 0.3 is 0 Å². The van der Waals surface area contributed by atoms with Crippen molar-refractivity contribution in [1.29, 1.82) is 0 Å². The van der Waals surface area contributed by atoms with Gasteiger partial charge in [0.15, 0.2) is 0 Å². The normalized spacial score (nSPS) is 19.2. The number of likely N-dealkylation sites (tertiary alicyclic amines) is 1. The first-order chi connectivity index (χ1) is 8.65. The number of thioether (sulfide) groups is 1. The molecule has 1 amide bonds. The predicted octanol–water partition coefficient (Wildman–Crippen LogP) is 2.52. The van der Waals surface area contributed by atoms with Crippen LogP contribution in [0.2, 0.25) is 0 Å². The summed E-state index contributed by atoms with van der Waals surface area (Å²) in [5.74, 6) is 0.934. The second-order valence-corrected chi connectivity index (χ2v) is 6.42. The first-order valence-corrected chi connectivity index (χ1v) is 7.77. The second kappa shape index (κ2) is 6.59. The zero-order valence-corrected chi connectivity index (χ0v) is 12.4. The minimum atomic E-state index is -0.326. The molecule has 0 aromatic heterocycles. The molecule has 1 saturated heterocycles. The Balaban J connectivity index is 1.72.